The summed E-state index contributed by atoms with van der Waals surface area (Å²) >= 11 is 0. The average molecular weight is 380 g/mol. The molecule has 27 heavy (non-hydrogen) atoms. The Morgan fingerprint density at radius 2 is 1.41 bits per heavy atom. The second-order valence-corrected chi connectivity index (χ2v) is 9.41. The van der Waals surface area contributed by atoms with Crippen LogP contribution >= 0.6 is 0 Å². The topological polar surface area (TPSA) is 78.6 Å². The molecule has 2 saturated carbocycles. The normalized spacial score (nSPS) is 29.0. The van der Waals surface area contributed by atoms with Gasteiger partial charge in [0, 0.05) is 17.0 Å². The van der Waals surface area contributed by atoms with Crippen LogP contribution in [0, 0.1) is 23.2 Å². The van der Waals surface area contributed by atoms with Gasteiger partial charge in [-0.25, -0.2) is 4.79 Å². The summed E-state index contributed by atoms with van der Waals surface area (Å²) in [5.41, 5.74) is 5.99. The fourth-order valence-electron chi connectivity index (χ4n) is 4.25. The van der Waals surface area contributed by atoms with E-state index in [1.54, 1.807) is 6.92 Å². The number of nitrogens with two attached hydrogens (primary N) is 1. The SMILES string of the molecule is C=C(C)C(=O)OCC(C)(C)COC(=O)C1CCC(C2CCC(N)CC2)CC1. The van der Waals surface area contributed by atoms with E-state index in [0.29, 0.717) is 11.6 Å². The van der Waals surface area contributed by atoms with Gasteiger partial charge < -0.3 is 15.2 Å². The highest BCUT2D eigenvalue weighted by atomic mass is 16.5. The molecule has 0 aromatic heterocycles. The first kappa shape index (κ1) is 21.9. The Morgan fingerprint density at radius 3 is 1.93 bits per heavy atom. The van der Waals surface area contributed by atoms with Gasteiger partial charge in [-0.2, -0.15) is 0 Å². The number of carbonyl (C=O) groups excluding carboxylic acids is 2. The molecular formula is C22H37NO4. The quantitative estimate of drug-likeness (QED) is 0.534. The maximum Gasteiger partial charge on any atom is 0.333 e. The highest BCUT2D eigenvalue weighted by molar-refractivity contribution is 5.86. The predicted octanol–water partition coefficient (Wildman–Crippen LogP) is 4.00. The number of esters is 2. The maximum atomic E-state index is 12.5. The Kier molecular flexibility index (Phi) is 7.90. The summed E-state index contributed by atoms with van der Waals surface area (Å²) in [4.78, 5) is 24.0. The Bertz CT molecular complexity index is 526. The Balaban J connectivity index is 1.69. The summed E-state index contributed by atoms with van der Waals surface area (Å²) < 4.78 is 10.8. The third kappa shape index (κ3) is 6.95. The molecule has 2 rings (SSSR count). The van der Waals surface area contributed by atoms with E-state index in [4.69, 9.17) is 15.2 Å². The van der Waals surface area contributed by atoms with E-state index in [9.17, 15) is 9.59 Å². The largest absolute Gasteiger partial charge is 0.465 e. The molecule has 0 aromatic rings. The summed E-state index contributed by atoms with van der Waals surface area (Å²) in [5, 5.41) is 0. The summed E-state index contributed by atoms with van der Waals surface area (Å²) in [7, 11) is 0. The minimum atomic E-state index is -0.406. The second-order valence-electron chi connectivity index (χ2n) is 9.41. The molecular weight excluding hydrogens is 342 g/mol. The fourth-order valence-corrected chi connectivity index (χ4v) is 4.25. The molecule has 2 N–H and O–H groups in total. The molecule has 2 aliphatic rings. The van der Waals surface area contributed by atoms with Gasteiger partial charge in [-0.1, -0.05) is 20.4 Å². The fraction of sp³-hybridized carbons (Fsp3) is 0.818. The lowest BCUT2D eigenvalue weighted by Crippen LogP contribution is -2.34. The number of carbonyl (C=O) groups is 2. The van der Waals surface area contributed by atoms with E-state index in [2.05, 4.69) is 6.58 Å². The Morgan fingerprint density at radius 1 is 0.926 bits per heavy atom. The lowest BCUT2D eigenvalue weighted by atomic mass is 9.70. The van der Waals surface area contributed by atoms with Crippen LogP contribution < -0.4 is 5.73 Å². The van der Waals surface area contributed by atoms with Crippen molar-refractivity contribution in [3.63, 3.8) is 0 Å². The lowest BCUT2D eigenvalue weighted by Gasteiger charge is -2.36. The van der Waals surface area contributed by atoms with E-state index >= 15 is 0 Å². The van der Waals surface area contributed by atoms with Crippen molar-refractivity contribution in [2.75, 3.05) is 13.2 Å². The summed E-state index contributed by atoms with van der Waals surface area (Å²) in [6.07, 6.45) is 8.90. The van der Waals surface area contributed by atoms with Crippen molar-refractivity contribution in [1.82, 2.24) is 0 Å². The van der Waals surface area contributed by atoms with E-state index in [1.807, 2.05) is 13.8 Å². The van der Waals surface area contributed by atoms with Crippen LogP contribution in [0.15, 0.2) is 12.2 Å². The lowest BCUT2D eigenvalue weighted by molar-refractivity contribution is -0.156. The third-order valence-electron chi connectivity index (χ3n) is 6.14. The number of rotatable bonds is 7. The minimum Gasteiger partial charge on any atom is -0.465 e. The van der Waals surface area contributed by atoms with Gasteiger partial charge >= 0.3 is 11.9 Å². The van der Waals surface area contributed by atoms with Crippen LogP contribution in [0.1, 0.15) is 72.1 Å². The van der Waals surface area contributed by atoms with Crippen LogP contribution in [0.5, 0.6) is 0 Å². The molecule has 2 fully saturated rings. The molecule has 0 spiro atoms. The van der Waals surface area contributed by atoms with Crippen molar-refractivity contribution in [2.45, 2.75) is 78.2 Å². The third-order valence-corrected chi connectivity index (χ3v) is 6.14. The smallest absolute Gasteiger partial charge is 0.333 e. The zero-order chi connectivity index (χ0) is 20.0. The molecule has 0 unspecified atom stereocenters. The molecule has 0 saturated heterocycles. The first-order chi connectivity index (χ1) is 12.7. The second kappa shape index (κ2) is 9.72. The molecule has 0 bridgehead atoms. The summed E-state index contributed by atoms with van der Waals surface area (Å²) in [6, 6.07) is 0.394. The number of hydrogen-bond acceptors (Lipinski definition) is 5. The van der Waals surface area contributed by atoms with Crippen LogP contribution in [0.3, 0.4) is 0 Å². The van der Waals surface area contributed by atoms with Gasteiger partial charge in [0.15, 0.2) is 0 Å². The molecule has 5 nitrogen and oxygen atoms in total. The van der Waals surface area contributed by atoms with Crippen LogP contribution in [0.4, 0.5) is 0 Å². The van der Waals surface area contributed by atoms with Crippen molar-refractivity contribution < 1.29 is 19.1 Å². The monoisotopic (exact) mass is 379 g/mol. The standard InChI is InChI=1S/C22H37NO4/c1-15(2)20(24)26-13-22(3,4)14-27-21(25)18-7-5-16(6-8-18)17-9-11-19(23)12-10-17/h16-19H,1,5-14,23H2,2-4H3. The zero-order valence-corrected chi connectivity index (χ0v) is 17.3. The summed E-state index contributed by atoms with van der Waals surface area (Å²) in [5.74, 6) is 1.05. The van der Waals surface area contributed by atoms with E-state index in [1.165, 1.54) is 12.8 Å². The van der Waals surface area contributed by atoms with Gasteiger partial charge in [-0.3, -0.25) is 4.79 Å². The molecule has 2 aliphatic carbocycles. The van der Waals surface area contributed by atoms with E-state index < -0.39 is 11.4 Å². The molecule has 0 atom stereocenters. The molecule has 0 amide bonds. The van der Waals surface area contributed by atoms with Crippen LogP contribution in [0.2, 0.25) is 0 Å². The van der Waals surface area contributed by atoms with E-state index in [-0.39, 0.29) is 25.1 Å². The van der Waals surface area contributed by atoms with Crippen LogP contribution in [0.25, 0.3) is 0 Å². The minimum absolute atomic E-state index is 0.0147. The Labute approximate surface area is 164 Å². The van der Waals surface area contributed by atoms with Gasteiger partial charge in [-0.05, 0) is 70.1 Å². The molecule has 0 radical (unpaired) electrons. The van der Waals surface area contributed by atoms with Gasteiger partial charge in [0.2, 0.25) is 0 Å². The van der Waals surface area contributed by atoms with Crippen molar-refractivity contribution in [3.8, 4) is 0 Å². The maximum absolute atomic E-state index is 12.5. The first-order valence-corrected chi connectivity index (χ1v) is 10.4. The van der Waals surface area contributed by atoms with Crippen molar-refractivity contribution in [1.29, 1.82) is 0 Å². The first-order valence-electron chi connectivity index (χ1n) is 10.4. The molecule has 5 heteroatoms. The van der Waals surface area contributed by atoms with Gasteiger partial charge in [0.1, 0.15) is 0 Å². The van der Waals surface area contributed by atoms with Crippen molar-refractivity contribution >= 4 is 11.9 Å². The van der Waals surface area contributed by atoms with Crippen molar-refractivity contribution in [2.24, 2.45) is 28.9 Å². The number of hydrogen-bond donors (Lipinski definition) is 1. The van der Waals surface area contributed by atoms with E-state index in [0.717, 1.165) is 50.4 Å². The molecule has 0 heterocycles. The predicted molar refractivity (Wildman–Crippen MR) is 106 cm³/mol. The summed E-state index contributed by atoms with van der Waals surface area (Å²) in [6.45, 7) is 9.51. The number of ether oxygens (including phenoxy) is 2. The Hall–Kier alpha value is -1.36. The van der Waals surface area contributed by atoms with Gasteiger partial charge in [0.05, 0.1) is 19.1 Å². The highest BCUT2D eigenvalue weighted by Gasteiger charge is 2.33. The van der Waals surface area contributed by atoms with Crippen LogP contribution in [-0.2, 0) is 19.1 Å². The van der Waals surface area contributed by atoms with Crippen LogP contribution in [-0.4, -0.2) is 31.2 Å². The molecule has 0 aliphatic heterocycles. The average Bonchev–Trinajstić information content (AvgIpc) is 2.65. The highest BCUT2D eigenvalue weighted by Crippen LogP contribution is 2.40. The van der Waals surface area contributed by atoms with Gasteiger partial charge in [0.25, 0.3) is 0 Å². The van der Waals surface area contributed by atoms with Gasteiger partial charge in [-0.15, -0.1) is 0 Å². The van der Waals surface area contributed by atoms with Crippen molar-refractivity contribution in [3.05, 3.63) is 12.2 Å². The molecule has 0 aromatic carbocycles. The molecule has 154 valence electrons. The zero-order valence-electron chi connectivity index (χ0n) is 17.3.